The van der Waals surface area contributed by atoms with E-state index in [0.717, 1.165) is 17.8 Å². The highest BCUT2D eigenvalue weighted by molar-refractivity contribution is 9.10. The van der Waals surface area contributed by atoms with Gasteiger partial charge in [0.1, 0.15) is 5.82 Å². The van der Waals surface area contributed by atoms with Crippen molar-refractivity contribution >= 4 is 33.2 Å². The summed E-state index contributed by atoms with van der Waals surface area (Å²) in [6.07, 6.45) is 0. The molecule has 110 valence electrons. The van der Waals surface area contributed by atoms with Gasteiger partial charge in [0.15, 0.2) is 0 Å². The number of hydrogen-bond acceptors (Lipinski definition) is 2. The molecule has 0 fully saturated rings. The topological polar surface area (TPSA) is 41.1 Å². The molecule has 0 heterocycles. The van der Waals surface area contributed by atoms with Crippen molar-refractivity contribution in [2.75, 3.05) is 17.2 Å². The van der Waals surface area contributed by atoms with Gasteiger partial charge in [-0.2, -0.15) is 0 Å². The summed E-state index contributed by atoms with van der Waals surface area (Å²) in [6.45, 7) is 4.64. The second kappa shape index (κ2) is 6.72. The zero-order valence-electron chi connectivity index (χ0n) is 11.8. The first-order chi connectivity index (χ1) is 10.0. The third-order valence-corrected chi connectivity index (χ3v) is 3.65. The fraction of sp³-hybridized carbons (Fsp3) is 0.188. The highest BCUT2D eigenvalue weighted by atomic mass is 79.9. The normalized spacial score (nSPS) is 10.3. The second-order valence-electron chi connectivity index (χ2n) is 4.64. The third kappa shape index (κ3) is 3.82. The van der Waals surface area contributed by atoms with Gasteiger partial charge in [-0.1, -0.05) is 0 Å². The van der Waals surface area contributed by atoms with Gasteiger partial charge in [0.25, 0.3) is 5.91 Å². The van der Waals surface area contributed by atoms with Gasteiger partial charge in [0, 0.05) is 23.5 Å². The smallest absolute Gasteiger partial charge is 0.255 e. The van der Waals surface area contributed by atoms with Crippen molar-refractivity contribution < 1.29 is 9.18 Å². The highest BCUT2D eigenvalue weighted by Gasteiger charge is 2.10. The Morgan fingerprint density at radius 1 is 1.24 bits per heavy atom. The molecule has 21 heavy (non-hydrogen) atoms. The Hall–Kier alpha value is -1.88. The number of carbonyl (C=O) groups excluding carboxylic acids is 1. The number of benzene rings is 2. The van der Waals surface area contributed by atoms with Crippen LogP contribution in [0.4, 0.5) is 15.8 Å². The summed E-state index contributed by atoms with van der Waals surface area (Å²) in [5.41, 5.74) is 2.75. The van der Waals surface area contributed by atoms with Gasteiger partial charge >= 0.3 is 0 Å². The van der Waals surface area contributed by atoms with Crippen LogP contribution in [0.3, 0.4) is 0 Å². The molecule has 0 radical (unpaired) electrons. The standard InChI is InChI=1S/C16H16BrFN2O/c1-3-19-12-6-4-11(5-7-12)16(21)20-15-9-14(18)13(17)8-10(15)2/h4-9,19H,3H2,1-2H3,(H,20,21). The van der Waals surface area contributed by atoms with Crippen LogP contribution in [0.5, 0.6) is 0 Å². The summed E-state index contributed by atoms with van der Waals surface area (Å²) in [7, 11) is 0. The van der Waals surface area contributed by atoms with Crippen molar-refractivity contribution in [2.24, 2.45) is 0 Å². The molecule has 0 aliphatic rings. The molecule has 0 spiro atoms. The molecular weight excluding hydrogens is 335 g/mol. The minimum absolute atomic E-state index is 0.261. The summed E-state index contributed by atoms with van der Waals surface area (Å²) in [5.74, 6) is -0.665. The number of aryl methyl sites for hydroxylation is 1. The van der Waals surface area contributed by atoms with Gasteiger partial charge in [0.2, 0.25) is 0 Å². The molecule has 0 saturated heterocycles. The Morgan fingerprint density at radius 3 is 2.52 bits per heavy atom. The van der Waals surface area contributed by atoms with Crippen LogP contribution in [0.15, 0.2) is 40.9 Å². The lowest BCUT2D eigenvalue weighted by Crippen LogP contribution is -2.13. The first-order valence-electron chi connectivity index (χ1n) is 6.62. The first kappa shape index (κ1) is 15.5. The monoisotopic (exact) mass is 350 g/mol. The molecule has 0 aliphatic carbocycles. The van der Waals surface area contributed by atoms with E-state index in [-0.39, 0.29) is 5.91 Å². The average molecular weight is 351 g/mol. The molecule has 3 nitrogen and oxygen atoms in total. The van der Waals surface area contributed by atoms with Gasteiger partial charge in [-0.25, -0.2) is 4.39 Å². The lowest BCUT2D eigenvalue weighted by molar-refractivity contribution is 0.102. The molecule has 0 aliphatic heterocycles. The molecule has 2 N–H and O–H groups in total. The van der Waals surface area contributed by atoms with Crippen LogP contribution in [0.1, 0.15) is 22.8 Å². The van der Waals surface area contributed by atoms with E-state index in [1.807, 2.05) is 26.0 Å². The molecule has 0 unspecified atom stereocenters. The minimum atomic E-state index is -0.404. The van der Waals surface area contributed by atoms with Crippen LogP contribution >= 0.6 is 15.9 Å². The van der Waals surface area contributed by atoms with E-state index in [4.69, 9.17) is 0 Å². The van der Waals surface area contributed by atoms with Crippen molar-refractivity contribution in [3.8, 4) is 0 Å². The van der Waals surface area contributed by atoms with E-state index < -0.39 is 5.82 Å². The summed E-state index contributed by atoms with van der Waals surface area (Å²) < 4.78 is 13.9. The predicted molar refractivity (Wildman–Crippen MR) is 87.4 cm³/mol. The van der Waals surface area contributed by atoms with Crippen molar-refractivity contribution in [1.29, 1.82) is 0 Å². The van der Waals surface area contributed by atoms with Gasteiger partial charge in [-0.15, -0.1) is 0 Å². The number of carbonyl (C=O) groups is 1. The Balaban J connectivity index is 2.16. The second-order valence-corrected chi connectivity index (χ2v) is 5.50. The van der Waals surface area contributed by atoms with Crippen LogP contribution in [0.2, 0.25) is 0 Å². The van der Waals surface area contributed by atoms with Crippen LogP contribution in [-0.2, 0) is 0 Å². The number of nitrogens with one attached hydrogen (secondary N) is 2. The lowest BCUT2D eigenvalue weighted by Gasteiger charge is -2.10. The first-order valence-corrected chi connectivity index (χ1v) is 7.41. The van der Waals surface area contributed by atoms with Crippen LogP contribution in [0.25, 0.3) is 0 Å². The number of halogens is 2. The Labute approximate surface area is 131 Å². The van der Waals surface area contributed by atoms with Gasteiger partial charge in [-0.3, -0.25) is 4.79 Å². The van der Waals surface area contributed by atoms with E-state index in [1.165, 1.54) is 6.07 Å². The largest absolute Gasteiger partial charge is 0.385 e. The molecule has 1 amide bonds. The maximum Gasteiger partial charge on any atom is 0.255 e. The Morgan fingerprint density at radius 2 is 1.90 bits per heavy atom. The molecule has 2 aromatic carbocycles. The van der Waals surface area contributed by atoms with E-state index in [0.29, 0.717) is 15.7 Å². The quantitative estimate of drug-likeness (QED) is 0.847. The molecule has 0 bridgehead atoms. The van der Waals surface area contributed by atoms with Gasteiger partial charge in [-0.05, 0) is 71.7 Å². The molecule has 0 saturated carbocycles. The molecule has 0 atom stereocenters. The molecule has 5 heteroatoms. The maximum atomic E-state index is 13.5. The summed E-state index contributed by atoms with van der Waals surface area (Å²) in [4.78, 5) is 12.2. The lowest BCUT2D eigenvalue weighted by atomic mass is 10.1. The van der Waals surface area contributed by atoms with Crippen LogP contribution < -0.4 is 10.6 Å². The highest BCUT2D eigenvalue weighted by Crippen LogP contribution is 2.24. The maximum absolute atomic E-state index is 13.5. The van der Waals surface area contributed by atoms with Crippen LogP contribution in [-0.4, -0.2) is 12.5 Å². The summed E-state index contributed by atoms with van der Waals surface area (Å²) in [5, 5.41) is 5.89. The number of amides is 1. The zero-order chi connectivity index (χ0) is 15.4. The van der Waals surface area contributed by atoms with E-state index in [1.54, 1.807) is 18.2 Å². The van der Waals surface area contributed by atoms with Crippen LogP contribution in [0, 0.1) is 12.7 Å². The SMILES string of the molecule is CCNc1ccc(C(=O)Nc2cc(F)c(Br)cc2C)cc1. The third-order valence-electron chi connectivity index (χ3n) is 3.04. The van der Waals surface area contributed by atoms with Crippen molar-refractivity contribution in [3.05, 3.63) is 57.8 Å². The summed E-state index contributed by atoms with van der Waals surface area (Å²) in [6, 6.07) is 10.1. The molecule has 2 rings (SSSR count). The molecule has 0 aromatic heterocycles. The molecule has 2 aromatic rings. The Bertz CT molecular complexity index is 656. The number of anilines is 2. The van der Waals surface area contributed by atoms with Gasteiger partial charge in [0.05, 0.1) is 4.47 Å². The Kier molecular flexibility index (Phi) is 4.96. The fourth-order valence-electron chi connectivity index (χ4n) is 1.92. The van der Waals surface area contributed by atoms with Crippen molar-refractivity contribution in [3.63, 3.8) is 0 Å². The van der Waals surface area contributed by atoms with E-state index >= 15 is 0 Å². The average Bonchev–Trinajstić information content (AvgIpc) is 2.46. The number of hydrogen-bond donors (Lipinski definition) is 2. The summed E-state index contributed by atoms with van der Waals surface area (Å²) >= 11 is 3.12. The predicted octanol–water partition coefficient (Wildman–Crippen LogP) is 4.58. The van der Waals surface area contributed by atoms with Crippen molar-refractivity contribution in [2.45, 2.75) is 13.8 Å². The van der Waals surface area contributed by atoms with Gasteiger partial charge < -0.3 is 10.6 Å². The van der Waals surface area contributed by atoms with E-state index in [9.17, 15) is 9.18 Å². The number of rotatable bonds is 4. The zero-order valence-corrected chi connectivity index (χ0v) is 13.4. The van der Waals surface area contributed by atoms with Crippen molar-refractivity contribution in [1.82, 2.24) is 0 Å². The molecular formula is C16H16BrFN2O. The minimum Gasteiger partial charge on any atom is -0.385 e. The fourth-order valence-corrected chi connectivity index (χ4v) is 2.38. The van der Waals surface area contributed by atoms with E-state index in [2.05, 4.69) is 26.6 Å².